The van der Waals surface area contributed by atoms with Gasteiger partial charge in [-0.1, -0.05) is 11.8 Å². The molecule has 0 spiro atoms. The SMILES string of the molecule is CCN(C(=O)C(C)Sc1nc2ccc(F)cc2c(=O)[nH]1)C1CCS(=O)(=O)C1. The highest BCUT2D eigenvalue weighted by molar-refractivity contribution is 8.00. The minimum absolute atomic E-state index is 0.0133. The summed E-state index contributed by atoms with van der Waals surface area (Å²) in [7, 11) is -3.09. The molecule has 1 aromatic heterocycles. The Labute approximate surface area is 160 Å². The maximum Gasteiger partial charge on any atom is 0.259 e. The van der Waals surface area contributed by atoms with Gasteiger partial charge < -0.3 is 9.88 Å². The number of benzene rings is 1. The second kappa shape index (κ2) is 7.59. The molecule has 1 amide bonds. The first-order valence-corrected chi connectivity index (χ1v) is 11.3. The average Bonchev–Trinajstić information content (AvgIpc) is 2.96. The largest absolute Gasteiger partial charge is 0.338 e. The number of aromatic amines is 1. The van der Waals surface area contributed by atoms with E-state index < -0.39 is 26.5 Å². The number of carbonyl (C=O) groups excluding carboxylic acids is 1. The van der Waals surface area contributed by atoms with Crippen LogP contribution in [0.1, 0.15) is 20.3 Å². The van der Waals surface area contributed by atoms with E-state index in [1.165, 1.54) is 12.1 Å². The number of hydrogen-bond acceptors (Lipinski definition) is 6. The molecular weight excluding hydrogens is 393 g/mol. The summed E-state index contributed by atoms with van der Waals surface area (Å²) in [4.78, 5) is 33.4. The summed E-state index contributed by atoms with van der Waals surface area (Å²) in [5, 5.41) is -0.158. The van der Waals surface area contributed by atoms with Gasteiger partial charge in [-0.25, -0.2) is 17.8 Å². The van der Waals surface area contributed by atoms with Crippen LogP contribution >= 0.6 is 11.8 Å². The first kappa shape index (κ1) is 19.8. The van der Waals surface area contributed by atoms with E-state index in [0.29, 0.717) is 18.5 Å². The van der Waals surface area contributed by atoms with E-state index >= 15 is 0 Å². The predicted octanol–water partition coefficient (Wildman–Crippen LogP) is 1.58. The molecule has 1 aliphatic rings. The Morgan fingerprint density at radius 2 is 2.22 bits per heavy atom. The van der Waals surface area contributed by atoms with Crippen molar-refractivity contribution in [3.63, 3.8) is 0 Å². The highest BCUT2D eigenvalue weighted by Crippen LogP contribution is 2.25. The Balaban J connectivity index is 1.78. The average molecular weight is 413 g/mol. The Morgan fingerprint density at radius 1 is 1.48 bits per heavy atom. The molecule has 2 atom stereocenters. The van der Waals surface area contributed by atoms with Gasteiger partial charge in [-0.2, -0.15) is 0 Å². The predicted molar refractivity (Wildman–Crippen MR) is 102 cm³/mol. The van der Waals surface area contributed by atoms with Crippen molar-refractivity contribution >= 4 is 38.4 Å². The number of hydrogen-bond donors (Lipinski definition) is 1. The van der Waals surface area contributed by atoms with E-state index in [-0.39, 0.29) is 34.0 Å². The second-order valence-electron chi connectivity index (χ2n) is 6.47. The van der Waals surface area contributed by atoms with Crippen molar-refractivity contribution in [2.45, 2.75) is 36.7 Å². The van der Waals surface area contributed by atoms with Gasteiger partial charge in [0.25, 0.3) is 5.56 Å². The van der Waals surface area contributed by atoms with Gasteiger partial charge in [0, 0.05) is 12.6 Å². The molecular formula is C17H20FN3O4S2. The van der Waals surface area contributed by atoms with E-state index in [9.17, 15) is 22.4 Å². The minimum Gasteiger partial charge on any atom is -0.338 e. The number of aromatic nitrogens is 2. The van der Waals surface area contributed by atoms with Crippen LogP contribution in [0.15, 0.2) is 28.2 Å². The molecule has 0 radical (unpaired) electrons. The molecule has 10 heteroatoms. The zero-order chi connectivity index (χ0) is 19.8. The van der Waals surface area contributed by atoms with Crippen molar-refractivity contribution in [2.24, 2.45) is 0 Å². The van der Waals surface area contributed by atoms with Crippen LogP contribution in [-0.2, 0) is 14.6 Å². The number of amides is 1. The second-order valence-corrected chi connectivity index (χ2v) is 10.0. The maximum atomic E-state index is 13.3. The highest BCUT2D eigenvalue weighted by Gasteiger charge is 2.35. The molecule has 2 aromatic rings. The monoisotopic (exact) mass is 413 g/mol. The third-order valence-corrected chi connectivity index (χ3v) is 7.28. The molecule has 1 saturated heterocycles. The standard InChI is InChI=1S/C17H20FN3O4S2/c1-3-21(12-6-7-27(24,25)9-12)16(23)10(2)26-17-19-14-5-4-11(18)8-13(14)15(22)20-17/h4-5,8,10,12H,3,6-7,9H2,1-2H3,(H,19,20,22). The van der Waals surface area contributed by atoms with Crippen LogP contribution in [0.3, 0.4) is 0 Å². The molecule has 0 saturated carbocycles. The van der Waals surface area contributed by atoms with Crippen molar-refractivity contribution in [1.29, 1.82) is 0 Å². The quantitative estimate of drug-likeness (QED) is 0.590. The lowest BCUT2D eigenvalue weighted by molar-refractivity contribution is -0.131. The molecule has 0 bridgehead atoms. The fourth-order valence-corrected chi connectivity index (χ4v) is 5.82. The summed E-state index contributed by atoms with van der Waals surface area (Å²) in [6.07, 6.45) is 0.440. The molecule has 0 aliphatic carbocycles. The van der Waals surface area contributed by atoms with Gasteiger partial charge in [-0.15, -0.1) is 0 Å². The van der Waals surface area contributed by atoms with Gasteiger partial charge in [-0.3, -0.25) is 9.59 Å². The fraction of sp³-hybridized carbons (Fsp3) is 0.471. The van der Waals surface area contributed by atoms with Gasteiger partial charge in [0.2, 0.25) is 5.91 Å². The summed E-state index contributed by atoms with van der Waals surface area (Å²) < 4.78 is 36.7. The first-order valence-electron chi connectivity index (χ1n) is 8.57. The summed E-state index contributed by atoms with van der Waals surface area (Å²) >= 11 is 1.09. The molecule has 2 heterocycles. The van der Waals surface area contributed by atoms with Crippen molar-refractivity contribution in [3.8, 4) is 0 Å². The zero-order valence-corrected chi connectivity index (χ0v) is 16.6. The van der Waals surface area contributed by atoms with Gasteiger partial charge in [-0.05, 0) is 38.5 Å². The topological polar surface area (TPSA) is 100 Å². The summed E-state index contributed by atoms with van der Waals surface area (Å²) in [6.45, 7) is 3.91. The zero-order valence-electron chi connectivity index (χ0n) is 14.9. The Kier molecular flexibility index (Phi) is 5.57. The molecule has 1 aromatic carbocycles. The molecule has 1 N–H and O–H groups in total. The molecule has 3 rings (SSSR count). The summed E-state index contributed by atoms with van der Waals surface area (Å²) in [5.41, 5.74) is -0.132. The molecule has 27 heavy (non-hydrogen) atoms. The maximum absolute atomic E-state index is 13.3. The molecule has 146 valence electrons. The first-order chi connectivity index (χ1) is 12.7. The number of fused-ring (bicyclic) bond motifs is 1. The van der Waals surface area contributed by atoms with Crippen LogP contribution in [0.2, 0.25) is 0 Å². The van der Waals surface area contributed by atoms with E-state index in [1.807, 2.05) is 6.92 Å². The van der Waals surface area contributed by atoms with E-state index in [0.717, 1.165) is 17.8 Å². The van der Waals surface area contributed by atoms with Crippen molar-refractivity contribution in [1.82, 2.24) is 14.9 Å². The van der Waals surface area contributed by atoms with Crippen molar-refractivity contribution in [2.75, 3.05) is 18.1 Å². The number of halogens is 1. The highest BCUT2D eigenvalue weighted by atomic mass is 32.2. The normalized spacial score (nSPS) is 19.9. The Morgan fingerprint density at radius 3 is 2.85 bits per heavy atom. The third-order valence-electron chi connectivity index (χ3n) is 4.55. The van der Waals surface area contributed by atoms with Crippen LogP contribution in [0.4, 0.5) is 4.39 Å². The number of nitrogens with zero attached hydrogens (tertiary/aromatic N) is 2. The van der Waals surface area contributed by atoms with Gasteiger partial charge in [0.15, 0.2) is 15.0 Å². The van der Waals surface area contributed by atoms with Crippen LogP contribution in [-0.4, -0.2) is 58.5 Å². The minimum atomic E-state index is -3.09. The van der Waals surface area contributed by atoms with Crippen molar-refractivity contribution < 1.29 is 17.6 Å². The number of sulfone groups is 1. The molecule has 7 nitrogen and oxygen atoms in total. The van der Waals surface area contributed by atoms with Crippen LogP contribution < -0.4 is 5.56 Å². The Bertz CT molecular complexity index is 1040. The molecule has 1 aliphatic heterocycles. The number of thioether (sulfide) groups is 1. The van der Waals surface area contributed by atoms with Crippen LogP contribution in [0.25, 0.3) is 10.9 Å². The lowest BCUT2D eigenvalue weighted by Gasteiger charge is -2.29. The number of rotatable bonds is 5. The van der Waals surface area contributed by atoms with Crippen LogP contribution in [0, 0.1) is 5.82 Å². The smallest absolute Gasteiger partial charge is 0.259 e. The number of carbonyl (C=O) groups is 1. The van der Waals surface area contributed by atoms with Gasteiger partial charge in [0.1, 0.15) is 5.82 Å². The number of H-pyrrole nitrogens is 1. The molecule has 1 fully saturated rings. The third kappa shape index (κ3) is 4.32. The lowest BCUT2D eigenvalue weighted by Crippen LogP contribution is -2.44. The van der Waals surface area contributed by atoms with Crippen LogP contribution in [0.5, 0.6) is 0 Å². The fourth-order valence-electron chi connectivity index (χ4n) is 3.21. The Hall–Kier alpha value is -1.94. The van der Waals surface area contributed by atoms with E-state index in [2.05, 4.69) is 9.97 Å². The van der Waals surface area contributed by atoms with E-state index in [1.54, 1.807) is 11.8 Å². The summed E-state index contributed by atoms with van der Waals surface area (Å²) in [5.74, 6) is -0.644. The lowest BCUT2D eigenvalue weighted by atomic mass is 10.2. The summed E-state index contributed by atoms with van der Waals surface area (Å²) in [6, 6.07) is 3.43. The van der Waals surface area contributed by atoms with E-state index in [4.69, 9.17) is 0 Å². The number of nitrogens with one attached hydrogen (secondary N) is 1. The molecule has 2 unspecified atom stereocenters. The van der Waals surface area contributed by atoms with Crippen molar-refractivity contribution in [3.05, 3.63) is 34.4 Å². The van der Waals surface area contributed by atoms with Gasteiger partial charge in [0.05, 0.1) is 27.7 Å². The van der Waals surface area contributed by atoms with Gasteiger partial charge >= 0.3 is 0 Å².